The molecule has 3 heteroatoms. The van der Waals surface area contributed by atoms with Crippen LogP contribution in [0.15, 0.2) is 17.6 Å². The summed E-state index contributed by atoms with van der Waals surface area (Å²) < 4.78 is 4.95. The predicted molar refractivity (Wildman–Crippen MR) is 31.1 cm³/mol. The molecule has 0 aromatic rings. The van der Waals surface area contributed by atoms with Gasteiger partial charge in [0.2, 0.25) is 11.8 Å². The summed E-state index contributed by atoms with van der Waals surface area (Å²) in [5, 5.41) is 5.49. The van der Waals surface area contributed by atoms with Gasteiger partial charge in [0.05, 0.1) is 0 Å². The Morgan fingerprint density at radius 2 is 2.38 bits per heavy atom. The first-order chi connectivity index (χ1) is 3.70. The molecular weight excluding hydrogens is 104 g/mol. The van der Waals surface area contributed by atoms with Crippen LogP contribution in [0.25, 0.3) is 0 Å². The molecule has 8 heavy (non-hydrogen) atoms. The highest BCUT2D eigenvalue weighted by molar-refractivity contribution is 5.75. The van der Waals surface area contributed by atoms with E-state index in [0.29, 0.717) is 11.8 Å². The largest absolute Gasteiger partial charge is 0.424 e. The molecule has 3 nitrogen and oxygen atoms in total. The lowest BCUT2D eigenvalue weighted by atomic mass is 10.8. The van der Waals surface area contributed by atoms with Crippen molar-refractivity contribution in [2.75, 3.05) is 7.05 Å². The topological polar surface area (TPSA) is 24.8 Å². The minimum absolute atomic E-state index is 0.586. The summed E-state index contributed by atoms with van der Waals surface area (Å²) in [6.07, 6.45) is 0. The summed E-state index contributed by atoms with van der Waals surface area (Å²) in [5.74, 6) is 1.24. The maximum atomic E-state index is 4.95. The van der Waals surface area contributed by atoms with Gasteiger partial charge >= 0.3 is 0 Å². The number of hydrogen-bond donors (Lipinski definition) is 0. The first-order valence-corrected chi connectivity index (χ1v) is 2.36. The Kier molecular flexibility index (Phi) is 0.970. The fourth-order valence-corrected chi connectivity index (χ4v) is 0.524. The molecule has 1 aliphatic heterocycles. The number of hydrogen-bond acceptors (Lipinski definition) is 3. The van der Waals surface area contributed by atoms with Crippen molar-refractivity contribution in [1.82, 2.24) is 5.01 Å². The van der Waals surface area contributed by atoms with Gasteiger partial charge in [-0.25, -0.2) is 5.01 Å². The maximum absolute atomic E-state index is 4.95. The van der Waals surface area contributed by atoms with Crippen molar-refractivity contribution < 1.29 is 4.74 Å². The van der Waals surface area contributed by atoms with Crippen molar-refractivity contribution in [3.63, 3.8) is 0 Å². The lowest BCUT2D eigenvalue weighted by molar-refractivity contribution is 0.307. The molecule has 0 atom stereocenters. The third kappa shape index (κ3) is 0.665. The smallest absolute Gasteiger partial charge is 0.211 e. The summed E-state index contributed by atoms with van der Waals surface area (Å²) >= 11 is 0. The van der Waals surface area contributed by atoms with E-state index in [4.69, 9.17) is 4.74 Å². The summed E-state index contributed by atoms with van der Waals surface area (Å²) in [4.78, 5) is 0. The van der Waals surface area contributed by atoms with Crippen molar-refractivity contribution >= 4 is 5.90 Å². The molecule has 0 bridgehead atoms. The van der Waals surface area contributed by atoms with Crippen LogP contribution in [-0.2, 0) is 4.74 Å². The van der Waals surface area contributed by atoms with E-state index < -0.39 is 0 Å². The Bertz CT molecular complexity index is 151. The fourth-order valence-electron chi connectivity index (χ4n) is 0.524. The van der Waals surface area contributed by atoms with Gasteiger partial charge in [-0.05, 0) is 6.58 Å². The average molecular weight is 112 g/mol. The van der Waals surface area contributed by atoms with Crippen LogP contribution in [0.5, 0.6) is 0 Å². The normalized spacial score (nSPS) is 18.5. The predicted octanol–water partition coefficient (Wildman–Crippen LogP) is 0.753. The zero-order valence-electron chi connectivity index (χ0n) is 5.01. The van der Waals surface area contributed by atoms with Crippen LogP contribution < -0.4 is 0 Å². The first kappa shape index (κ1) is 5.15. The third-order valence-corrected chi connectivity index (χ3v) is 0.917. The minimum Gasteiger partial charge on any atom is -0.424 e. The van der Waals surface area contributed by atoms with Crippen LogP contribution in [-0.4, -0.2) is 18.0 Å². The molecule has 1 heterocycles. The summed E-state index contributed by atoms with van der Waals surface area (Å²) in [6, 6.07) is 0. The van der Waals surface area contributed by atoms with Gasteiger partial charge in [-0.1, -0.05) is 0 Å². The van der Waals surface area contributed by atoms with E-state index in [0.717, 1.165) is 0 Å². The Labute approximate surface area is 48.2 Å². The van der Waals surface area contributed by atoms with E-state index in [-0.39, 0.29) is 0 Å². The van der Waals surface area contributed by atoms with Crippen LogP contribution in [0.3, 0.4) is 0 Å². The first-order valence-electron chi connectivity index (χ1n) is 2.36. The molecular formula is C5H8N2O. The Morgan fingerprint density at radius 1 is 1.75 bits per heavy atom. The van der Waals surface area contributed by atoms with Crippen LogP contribution in [0.1, 0.15) is 6.92 Å². The third-order valence-electron chi connectivity index (χ3n) is 0.917. The molecule has 44 valence electrons. The van der Waals surface area contributed by atoms with E-state index in [2.05, 4.69) is 11.7 Å². The summed E-state index contributed by atoms with van der Waals surface area (Å²) in [5.41, 5.74) is 0. The number of rotatable bonds is 0. The van der Waals surface area contributed by atoms with E-state index in [1.807, 2.05) is 0 Å². The van der Waals surface area contributed by atoms with Crippen molar-refractivity contribution in [2.24, 2.45) is 5.10 Å². The number of ether oxygens (including phenoxy) is 1. The van der Waals surface area contributed by atoms with Crippen LogP contribution in [0.2, 0.25) is 0 Å². The molecule has 0 spiro atoms. The molecule has 1 aliphatic rings. The van der Waals surface area contributed by atoms with Gasteiger partial charge in [-0.3, -0.25) is 0 Å². The van der Waals surface area contributed by atoms with Crippen LogP contribution in [0, 0.1) is 0 Å². The molecule has 0 aromatic carbocycles. The number of hydrazone groups is 1. The molecule has 0 amide bonds. The molecule has 0 saturated carbocycles. The van der Waals surface area contributed by atoms with Crippen molar-refractivity contribution in [3.8, 4) is 0 Å². The average Bonchev–Trinajstić information content (AvgIpc) is 1.85. The van der Waals surface area contributed by atoms with Gasteiger partial charge in [0.15, 0.2) is 0 Å². The van der Waals surface area contributed by atoms with Gasteiger partial charge in [-0.15, -0.1) is 5.10 Å². The van der Waals surface area contributed by atoms with Crippen molar-refractivity contribution in [1.29, 1.82) is 0 Å². The zero-order chi connectivity index (χ0) is 6.15. The Balaban J connectivity index is 2.69. The molecule has 0 radical (unpaired) electrons. The Morgan fingerprint density at radius 3 is 2.50 bits per heavy atom. The molecule has 0 saturated heterocycles. The highest BCUT2D eigenvalue weighted by atomic mass is 16.5. The highest BCUT2D eigenvalue weighted by Gasteiger charge is 2.10. The summed E-state index contributed by atoms with van der Waals surface area (Å²) in [6.45, 7) is 5.36. The van der Waals surface area contributed by atoms with E-state index in [1.54, 1.807) is 19.0 Å². The standard InChI is InChI=1S/C5H8N2O/c1-4-6-7(3)5(2)8-4/h2H2,1,3H3. The molecule has 0 aromatic heterocycles. The van der Waals surface area contributed by atoms with E-state index in [1.165, 1.54) is 0 Å². The van der Waals surface area contributed by atoms with Gasteiger partial charge in [-0.2, -0.15) is 0 Å². The van der Waals surface area contributed by atoms with E-state index >= 15 is 0 Å². The highest BCUT2D eigenvalue weighted by Crippen LogP contribution is 2.09. The second-order valence-electron chi connectivity index (χ2n) is 1.64. The van der Waals surface area contributed by atoms with Gasteiger partial charge < -0.3 is 4.74 Å². The molecule has 0 unspecified atom stereocenters. The SMILES string of the molecule is C=C1OC(C)=NN1C. The second-order valence-corrected chi connectivity index (χ2v) is 1.64. The second kappa shape index (κ2) is 1.51. The molecule has 0 fully saturated rings. The van der Waals surface area contributed by atoms with Crippen LogP contribution >= 0.6 is 0 Å². The molecule has 0 N–H and O–H groups in total. The lowest BCUT2D eigenvalue weighted by Crippen LogP contribution is -2.02. The quantitative estimate of drug-likeness (QED) is 0.462. The maximum Gasteiger partial charge on any atom is 0.211 e. The summed E-state index contributed by atoms with van der Waals surface area (Å²) in [7, 11) is 1.79. The van der Waals surface area contributed by atoms with Crippen molar-refractivity contribution in [3.05, 3.63) is 12.5 Å². The fraction of sp³-hybridized carbons (Fsp3) is 0.400. The van der Waals surface area contributed by atoms with Gasteiger partial charge in [0, 0.05) is 14.0 Å². The lowest BCUT2D eigenvalue weighted by Gasteiger charge is -2.01. The minimum atomic E-state index is 0.586. The Hall–Kier alpha value is -0.990. The van der Waals surface area contributed by atoms with Crippen LogP contribution in [0.4, 0.5) is 0 Å². The molecule has 1 rings (SSSR count). The van der Waals surface area contributed by atoms with Crippen molar-refractivity contribution in [2.45, 2.75) is 6.92 Å². The monoisotopic (exact) mass is 112 g/mol. The van der Waals surface area contributed by atoms with Gasteiger partial charge in [0.1, 0.15) is 0 Å². The van der Waals surface area contributed by atoms with E-state index in [9.17, 15) is 0 Å². The zero-order valence-corrected chi connectivity index (χ0v) is 5.01. The van der Waals surface area contributed by atoms with Gasteiger partial charge in [0.25, 0.3) is 0 Å². The number of nitrogens with zero attached hydrogens (tertiary/aromatic N) is 2. The molecule has 0 aliphatic carbocycles.